The molecule has 1 saturated carbocycles. The summed E-state index contributed by atoms with van der Waals surface area (Å²) in [6, 6.07) is 19.4. The molecule has 12 nitrogen and oxygen atoms in total. The maximum absolute atomic E-state index is 15.0. The van der Waals surface area contributed by atoms with Gasteiger partial charge in [-0.05, 0) is 80.0 Å². The van der Waals surface area contributed by atoms with E-state index in [1.807, 2.05) is 31.2 Å². The fourth-order valence-corrected chi connectivity index (χ4v) is 10.8. The van der Waals surface area contributed by atoms with Crippen LogP contribution in [0, 0.1) is 46.1 Å². The maximum Gasteiger partial charge on any atom is 0.269 e. The minimum Gasteiger partial charge on any atom is -0.508 e. The molecule has 3 fully saturated rings. The summed E-state index contributed by atoms with van der Waals surface area (Å²) in [5.74, 6) is -5.36. The number of phenols is 1. The van der Waals surface area contributed by atoms with Crippen molar-refractivity contribution >= 4 is 73.8 Å². The van der Waals surface area contributed by atoms with Gasteiger partial charge in [-0.2, -0.15) is 5.10 Å². The highest BCUT2D eigenvalue weighted by Gasteiger charge is 2.68. The van der Waals surface area contributed by atoms with Gasteiger partial charge >= 0.3 is 0 Å². The van der Waals surface area contributed by atoms with Crippen molar-refractivity contribution < 1.29 is 29.2 Å². The van der Waals surface area contributed by atoms with E-state index < -0.39 is 63.6 Å². The van der Waals surface area contributed by atoms with Gasteiger partial charge in [0.25, 0.3) is 5.69 Å². The van der Waals surface area contributed by atoms with E-state index in [1.165, 1.54) is 39.9 Å². The molecule has 0 radical (unpaired) electrons. The number of hydrogen-bond acceptors (Lipinski definition) is 9. The molecule has 54 heavy (non-hydrogen) atoms. The van der Waals surface area contributed by atoms with E-state index in [0.717, 1.165) is 31.0 Å². The zero-order chi connectivity index (χ0) is 38.0. The zero-order valence-corrected chi connectivity index (χ0v) is 30.8. The third-order valence-corrected chi connectivity index (χ3v) is 13.6. The molecule has 4 aliphatic rings. The molecule has 0 bridgehead atoms. The Hall–Kier alpha value is -5.66. The Kier molecular flexibility index (Phi) is 7.54. The smallest absolute Gasteiger partial charge is 0.269 e. The Labute approximate surface area is 317 Å². The number of non-ortho nitro benzene ring substituents is 1. The summed E-state index contributed by atoms with van der Waals surface area (Å²) in [5.41, 5.74) is 1.46. The number of aryl methyl sites for hydroxylation is 2. The van der Waals surface area contributed by atoms with Crippen LogP contribution in [0.3, 0.4) is 0 Å². The number of thiophene rings is 1. The number of benzene rings is 3. The molecule has 5 aromatic rings. The third kappa shape index (κ3) is 4.64. The number of aromatic nitrogens is 2. The van der Waals surface area contributed by atoms with Gasteiger partial charge in [0.15, 0.2) is 0 Å². The average Bonchev–Trinajstić information content (AvgIpc) is 3.82. The first-order valence-electron chi connectivity index (χ1n) is 17.5. The fourth-order valence-electron chi connectivity index (χ4n) is 9.50. The van der Waals surface area contributed by atoms with Crippen molar-refractivity contribution in [2.24, 2.45) is 36.1 Å². The number of carbonyl (C=O) groups excluding carboxylic acids is 4. The average molecular weight is 762 g/mol. The van der Waals surface area contributed by atoms with Gasteiger partial charge in [0.05, 0.1) is 38.7 Å². The number of nitro benzene ring substituents is 1. The van der Waals surface area contributed by atoms with Gasteiger partial charge in [-0.3, -0.25) is 38.9 Å². The van der Waals surface area contributed by atoms with E-state index in [-0.39, 0.29) is 30.0 Å². The highest BCUT2D eigenvalue weighted by Crippen LogP contribution is 2.64. The lowest BCUT2D eigenvalue weighted by molar-refractivity contribution is -0.384. The number of phenolic OH excluding ortho intramolecular Hbond substituents is 1. The van der Waals surface area contributed by atoms with E-state index in [2.05, 4.69) is 0 Å². The Morgan fingerprint density at radius 3 is 2.43 bits per heavy atom. The Morgan fingerprint density at radius 1 is 0.963 bits per heavy atom. The number of aromatic hydroxyl groups is 1. The fraction of sp³-hybridized carbons (Fsp3) is 0.275. The summed E-state index contributed by atoms with van der Waals surface area (Å²) >= 11 is 7.84. The quantitative estimate of drug-likeness (QED) is 0.0846. The van der Waals surface area contributed by atoms with Crippen LogP contribution in [-0.4, -0.2) is 43.4 Å². The van der Waals surface area contributed by atoms with Gasteiger partial charge in [-0.25, -0.2) is 4.90 Å². The summed E-state index contributed by atoms with van der Waals surface area (Å²) < 4.78 is 2.55. The molecule has 4 amide bonds. The standard InChI is InChI=1S/C40H32ClN5O7S/c1-19-26-16-20(41)8-15-31(26)54-35(19)29-18-32(43(3)42-29)45-37(49)28-17-27-23(34(40(28,2)39(45)51)24-6-4-5-7-30(24)47)13-14-25-33(27)38(50)44(36(25)48)21-9-11-22(12-10-21)46(52)53/h4-13,15-16,18,25,27-28,33-34,47H,14,17H2,1-3H3. The molecule has 272 valence electrons. The normalized spacial score (nSPS) is 26.3. The number of halogens is 1. The molecule has 2 saturated heterocycles. The molecule has 9 rings (SSSR count). The van der Waals surface area contributed by atoms with Gasteiger partial charge in [-0.15, -0.1) is 11.3 Å². The summed E-state index contributed by atoms with van der Waals surface area (Å²) in [4.78, 5) is 72.0. The Morgan fingerprint density at radius 2 is 1.70 bits per heavy atom. The highest BCUT2D eigenvalue weighted by molar-refractivity contribution is 7.22. The first-order valence-corrected chi connectivity index (χ1v) is 18.7. The van der Waals surface area contributed by atoms with Crippen LogP contribution >= 0.6 is 22.9 Å². The number of fused-ring (bicyclic) bond motifs is 5. The van der Waals surface area contributed by atoms with Gasteiger partial charge in [-0.1, -0.05) is 41.4 Å². The van der Waals surface area contributed by atoms with E-state index in [0.29, 0.717) is 22.1 Å². The van der Waals surface area contributed by atoms with Crippen molar-refractivity contribution in [1.29, 1.82) is 0 Å². The van der Waals surface area contributed by atoms with E-state index in [1.54, 1.807) is 49.6 Å². The van der Waals surface area contributed by atoms with Crippen LogP contribution in [0.1, 0.15) is 36.8 Å². The van der Waals surface area contributed by atoms with Crippen molar-refractivity contribution in [1.82, 2.24) is 9.78 Å². The lowest BCUT2D eigenvalue weighted by Gasteiger charge is -2.49. The second-order valence-electron chi connectivity index (χ2n) is 14.7. The molecule has 6 atom stereocenters. The molecule has 2 aliphatic carbocycles. The van der Waals surface area contributed by atoms with Crippen molar-refractivity contribution in [3.05, 3.63) is 111 Å². The number of imide groups is 2. The second-order valence-corrected chi connectivity index (χ2v) is 16.2. The number of allylic oxidation sites excluding steroid dienone is 2. The van der Waals surface area contributed by atoms with Crippen LogP contribution < -0.4 is 9.80 Å². The first kappa shape index (κ1) is 34.1. The minimum absolute atomic E-state index is 0.0469. The molecular formula is C40H32ClN5O7S. The van der Waals surface area contributed by atoms with Gasteiger partial charge < -0.3 is 5.11 Å². The predicted octanol–water partition coefficient (Wildman–Crippen LogP) is 7.31. The lowest BCUT2D eigenvalue weighted by atomic mass is 9.51. The van der Waals surface area contributed by atoms with E-state index >= 15 is 4.79 Å². The topological polar surface area (TPSA) is 156 Å². The molecule has 3 aromatic carbocycles. The largest absolute Gasteiger partial charge is 0.508 e. The van der Waals surface area contributed by atoms with Gasteiger partial charge in [0.2, 0.25) is 23.6 Å². The number of hydrogen-bond donors (Lipinski definition) is 1. The molecular weight excluding hydrogens is 730 g/mol. The summed E-state index contributed by atoms with van der Waals surface area (Å²) in [6.07, 6.45) is 2.25. The zero-order valence-electron chi connectivity index (χ0n) is 29.2. The predicted molar refractivity (Wildman–Crippen MR) is 202 cm³/mol. The van der Waals surface area contributed by atoms with Crippen molar-refractivity contribution in [2.75, 3.05) is 9.80 Å². The molecule has 2 aliphatic heterocycles. The monoisotopic (exact) mass is 761 g/mol. The number of anilines is 2. The van der Waals surface area contributed by atoms with E-state index in [4.69, 9.17) is 16.7 Å². The number of para-hydroxylation sites is 1. The summed E-state index contributed by atoms with van der Waals surface area (Å²) in [5, 5.41) is 29.0. The van der Waals surface area contributed by atoms with Gasteiger partial charge in [0.1, 0.15) is 17.3 Å². The van der Waals surface area contributed by atoms with Crippen LogP contribution in [0.15, 0.2) is 84.4 Å². The van der Waals surface area contributed by atoms with Crippen molar-refractivity contribution in [2.45, 2.75) is 32.6 Å². The van der Waals surface area contributed by atoms with Crippen molar-refractivity contribution in [3.8, 4) is 16.3 Å². The highest BCUT2D eigenvalue weighted by atomic mass is 35.5. The molecule has 14 heteroatoms. The summed E-state index contributed by atoms with van der Waals surface area (Å²) in [6.45, 7) is 3.75. The van der Waals surface area contributed by atoms with Gasteiger partial charge in [0, 0.05) is 46.5 Å². The van der Waals surface area contributed by atoms with Crippen LogP contribution in [-0.2, 0) is 26.2 Å². The van der Waals surface area contributed by atoms with Crippen LogP contribution in [0.4, 0.5) is 17.2 Å². The van der Waals surface area contributed by atoms with Crippen LogP contribution in [0.25, 0.3) is 20.7 Å². The molecule has 1 N–H and O–H groups in total. The number of nitrogens with zero attached hydrogens (tertiary/aromatic N) is 5. The molecule has 0 spiro atoms. The van der Waals surface area contributed by atoms with E-state index in [9.17, 15) is 29.6 Å². The van der Waals surface area contributed by atoms with Crippen molar-refractivity contribution in [3.63, 3.8) is 0 Å². The number of rotatable bonds is 5. The SMILES string of the molecule is Cc1c(-c2cc(N3C(=O)C4CC5C(=CCC6C(=O)N(c7ccc([N+](=O)[O-])cc7)C(=O)C65)C(c5ccccc5O)C4(C)C3=O)n(C)n2)sc2ccc(Cl)cc12. The Bertz CT molecular complexity index is 2540. The third-order valence-electron chi connectivity index (χ3n) is 12.1. The molecule has 4 heterocycles. The lowest BCUT2D eigenvalue weighted by Crippen LogP contribution is -2.49. The molecule has 2 aromatic heterocycles. The second kappa shape index (κ2) is 11.9. The molecule has 6 unspecified atom stereocenters. The number of nitro groups is 1. The minimum atomic E-state index is -1.36. The number of carbonyl (C=O) groups is 4. The summed E-state index contributed by atoms with van der Waals surface area (Å²) in [7, 11) is 1.69. The Balaban J connectivity index is 1.13. The van der Waals surface area contributed by atoms with Crippen LogP contribution in [0.2, 0.25) is 5.02 Å². The number of amides is 4. The first-order chi connectivity index (χ1) is 25.8. The maximum atomic E-state index is 15.0. The van der Waals surface area contributed by atoms with Crippen LogP contribution in [0.5, 0.6) is 5.75 Å².